The SMILES string of the molecule is CCc1cnc(-c2cnc(N3CC(NC(=O)OC(C)(C)C)C3)c(C#N)c2C)o1. The minimum absolute atomic E-state index is 0.0398. The van der Waals surface area contributed by atoms with Crippen LogP contribution in [0.25, 0.3) is 11.5 Å². The molecule has 0 atom stereocenters. The van der Waals surface area contributed by atoms with Gasteiger partial charge in [0.05, 0.1) is 23.4 Å². The van der Waals surface area contributed by atoms with E-state index in [0.717, 1.165) is 17.7 Å². The normalized spacial score (nSPS) is 14.4. The summed E-state index contributed by atoms with van der Waals surface area (Å²) >= 11 is 0. The van der Waals surface area contributed by atoms with Crippen LogP contribution in [0.15, 0.2) is 16.8 Å². The number of carbonyl (C=O) groups excluding carboxylic acids is 1. The summed E-state index contributed by atoms with van der Waals surface area (Å²) in [6.07, 6.45) is 3.69. The highest BCUT2D eigenvalue weighted by Crippen LogP contribution is 2.31. The zero-order valence-corrected chi connectivity index (χ0v) is 16.9. The predicted molar refractivity (Wildman–Crippen MR) is 104 cm³/mol. The highest BCUT2D eigenvalue weighted by Gasteiger charge is 2.32. The molecular formula is C20H25N5O3. The molecule has 8 heteroatoms. The molecule has 2 aromatic rings. The number of alkyl carbamates (subject to hydrolysis) is 1. The number of aryl methyl sites for hydroxylation is 1. The maximum atomic E-state index is 11.9. The summed E-state index contributed by atoms with van der Waals surface area (Å²) in [5, 5.41) is 12.5. The lowest BCUT2D eigenvalue weighted by molar-refractivity contribution is 0.0496. The first-order valence-electron chi connectivity index (χ1n) is 9.31. The first kappa shape index (κ1) is 19.7. The van der Waals surface area contributed by atoms with E-state index in [-0.39, 0.29) is 6.04 Å². The quantitative estimate of drug-likeness (QED) is 0.864. The number of rotatable bonds is 4. The highest BCUT2D eigenvalue weighted by molar-refractivity contribution is 5.71. The number of nitriles is 1. The molecule has 1 fully saturated rings. The summed E-state index contributed by atoms with van der Waals surface area (Å²) in [4.78, 5) is 22.6. The van der Waals surface area contributed by atoms with Gasteiger partial charge in [-0.3, -0.25) is 0 Å². The van der Waals surface area contributed by atoms with Crippen LogP contribution >= 0.6 is 0 Å². The van der Waals surface area contributed by atoms with E-state index in [1.54, 1.807) is 12.4 Å². The predicted octanol–water partition coefficient (Wildman–Crippen LogP) is 3.19. The Morgan fingerprint density at radius 2 is 2.11 bits per heavy atom. The van der Waals surface area contributed by atoms with Crippen LogP contribution in [0.3, 0.4) is 0 Å². The molecule has 1 aliphatic heterocycles. The van der Waals surface area contributed by atoms with E-state index in [9.17, 15) is 10.1 Å². The van der Waals surface area contributed by atoms with E-state index in [4.69, 9.17) is 9.15 Å². The number of ether oxygens (including phenoxy) is 1. The van der Waals surface area contributed by atoms with Crippen molar-refractivity contribution in [2.24, 2.45) is 0 Å². The average molecular weight is 383 g/mol. The minimum atomic E-state index is -0.534. The average Bonchev–Trinajstić information content (AvgIpc) is 3.05. The van der Waals surface area contributed by atoms with Crippen molar-refractivity contribution < 1.29 is 13.9 Å². The molecule has 0 aliphatic carbocycles. The van der Waals surface area contributed by atoms with Gasteiger partial charge >= 0.3 is 6.09 Å². The number of hydrogen-bond acceptors (Lipinski definition) is 7. The number of pyridine rings is 1. The smallest absolute Gasteiger partial charge is 0.407 e. The summed E-state index contributed by atoms with van der Waals surface area (Å²) in [5.41, 5.74) is 1.45. The number of hydrogen-bond donors (Lipinski definition) is 1. The fourth-order valence-electron chi connectivity index (χ4n) is 2.99. The molecule has 3 heterocycles. The third kappa shape index (κ3) is 4.09. The Hall–Kier alpha value is -3.08. The van der Waals surface area contributed by atoms with Crippen molar-refractivity contribution in [3.63, 3.8) is 0 Å². The summed E-state index contributed by atoms with van der Waals surface area (Å²) in [6.45, 7) is 10.5. The molecular weight excluding hydrogens is 358 g/mol. The summed E-state index contributed by atoms with van der Waals surface area (Å²) in [6, 6.07) is 2.21. The standard InChI is InChI=1S/C20H25N5O3/c1-6-14-8-23-18(27-14)16-9-22-17(15(7-21)12(16)2)25-10-13(11-25)24-19(26)28-20(3,4)5/h8-9,13H,6,10-11H2,1-5H3,(H,24,26). The van der Waals surface area contributed by atoms with E-state index < -0.39 is 11.7 Å². The van der Waals surface area contributed by atoms with Crippen molar-refractivity contribution in [3.05, 3.63) is 29.3 Å². The van der Waals surface area contributed by atoms with Crippen molar-refractivity contribution in [3.8, 4) is 17.5 Å². The number of nitrogens with zero attached hydrogens (tertiary/aromatic N) is 4. The van der Waals surface area contributed by atoms with E-state index in [1.807, 2.05) is 39.5 Å². The second-order valence-electron chi connectivity index (χ2n) is 7.84. The van der Waals surface area contributed by atoms with E-state index in [1.165, 1.54) is 0 Å². The lowest BCUT2D eigenvalue weighted by Crippen LogP contribution is -2.60. The van der Waals surface area contributed by atoms with Crippen molar-refractivity contribution >= 4 is 11.9 Å². The molecule has 0 radical (unpaired) electrons. The maximum absolute atomic E-state index is 11.9. The van der Waals surface area contributed by atoms with Gasteiger partial charge in [-0.1, -0.05) is 6.92 Å². The largest absolute Gasteiger partial charge is 0.444 e. The van der Waals surface area contributed by atoms with Crippen molar-refractivity contribution in [2.75, 3.05) is 18.0 Å². The van der Waals surface area contributed by atoms with Crippen LogP contribution in [0.2, 0.25) is 0 Å². The molecule has 0 bridgehead atoms. The maximum Gasteiger partial charge on any atom is 0.407 e. The van der Waals surface area contributed by atoms with Gasteiger partial charge in [-0.05, 0) is 33.3 Å². The van der Waals surface area contributed by atoms with Crippen LogP contribution in [-0.2, 0) is 11.2 Å². The van der Waals surface area contributed by atoms with Crippen molar-refractivity contribution in [1.29, 1.82) is 5.26 Å². The zero-order valence-electron chi connectivity index (χ0n) is 16.9. The van der Waals surface area contributed by atoms with Crippen molar-refractivity contribution in [2.45, 2.75) is 52.7 Å². The van der Waals surface area contributed by atoms with Gasteiger partial charge in [0, 0.05) is 25.7 Å². The molecule has 8 nitrogen and oxygen atoms in total. The number of aromatic nitrogens is 2. The van der Waals surface area contributed by atoms with Gasteiger partial charge in [-0.25, -0.2) is 14.8 Å². The first-order valence-corrected chi connectivity index (χ1v) is 9.31. The third-order valence-corrected chi connectivity index (χ3v) is 4.46. The topological polar surface area (TPSA) is 104 Å². The van der Waals surface area contributed by atoms with Crippen molar-refractivity contribution in [1.82, 2.24) is 15.3 Å². The molecule has 1 N–H and O–H groups in total. The zero-order chi connectivity index (χ0) is 20.5. The Kier molecular flexibility index (Phi) is 5.27. The van der Waals surface area contributed by atoms with E-state index >= 15 is 0 Å². The van der Waals surface area contributed by atoms with Crippen LogP contribution in [0.4, 0.5) is 10.6 Å². The molecule has 1 saturated heterocycles. The fraction of sp³-hybridized carbons (Fsp3) is 0.500. The molecule has 28 heavy (non-hydrogen) atoms. The van der Waals surface area contributed by atoms with Crippen LogP contribution in [0.5, 0.6) is 0 Å². The molecule has 0 unspecified atom stereocenters. The number of carbonyl (C=O) groups is 1. The molecule has 0 aromatic carbocycles. The van der Waals surface area contributed by atoms with Crippen LogP contribution in [0, 0.1) is 18.3 Å². The Morgan fingerprint density at radius 1 is 1.39 bits per heavy atom. The number of oxazole rings is 1. The Bertz CT molecular complexity index is 917. The van der Waals surface area contributed by atoms with Gasteiger partial charge < -0.3 is 19.4 Å². The first-order chi connectivity index (χ1) is 13.2. The fourth-order valence-corrected chi connectivity index (χ4v) is 2.99. The van der Waals surface area contributed by atoms with Crippen LogP contribution < -0.4 is 10.2 Å². The number of amides is 1. The number of anilines is 1. The Morgan fingerprint density at radius 3 is 2.68 bits per heavy atom. The monoisotopic (exact) mass is 383 g/mol. The molecule has 1 amide bonds. The molecule has 0 spiro atoms. The Balaban J connectivity index is 1.72. The molecule has 1 aliphatic rings. The van der Waals surface area contributed by atoms with E-state index in [0.29, 0.717) is 35.9 Å². The summed E-state index contributed by atoms with van der Waals surface area (Å²) < 4.78 is 11.0. The van der Waals surface area contributed by atoms with Gasteiger partial charge in [-0.2, -0.15) is 5.26 Å². The van der Waals surface area contributed by atoms with Crippen LogP contribution in [0.1, 0.15) is 44.6 Å². The van der Waals surface area contributed by atoms with Gasteiger partial charge in [-0.15, -0.1) is 0 Å². The summed E-state index contributed by atoms with van der Waals surface area (Å²) in [5.74, 6) is 1.86. The summed E-state index contributed by atoms with van der Waals surface area (Å²) in [7, 11) is 0. The van der Waals surface area contributed by atoms with E-state index in [2.05, 4.69) is 21.4 Å². The molecule has 3 rings (SSSR count). The van der Waals surface area contributed by atoms with Crippen LogP contribution in [-0.4, -0.2) is 40.8 Å². The lowest BCUT2D eigenvalue weighted by Gasteiger charge is -2.41. The van der Waals surface area contributed by atoms with Gasteiger partial charge in [0.15, 0.2) is 0 Å². The lowest BCUT2D eigenvalue weighted by atomic mass is 10.0. The number of nitrogens with one attached hydrogen (secondary N) is 1. The van der Waals surface area contributed by atoms with Gasteiger partial charge in [0.2, 0.25) is 5.89 Å². The molecule has 0 saturated carbocycles. The highest BCUT2D eigenvalue weighted by atomic mass is 16.6. The van der Waals surface area contributed by atoms with Gasteiger partial charge in [0.25, 0.3) is 0 Å². The molecule has 148 valence electrons. The Labute approximate surface area is 164 Å². The third-order valence-electron chi connectivity index (χ3n) is 4.46. The second kappa shape index (κ2) is 7.50. The second-order valence-corrected chi connectivity index (χ2v) is 7.84. The van der Waals surface area contributed by atoms with Gasteiger partial charge in [0.1, 0.15) is 23.2 Å². The molecule has 2 aromatic heterocycles. The minimum Gasteiger partial charge on any atom is -0.444 e.